The zero-order chi connectivity index (χ0) is 12.1. The van der Waals surface area contributed by atoms with E-state index in [0.29, 0.717) is 19.1 Å². The van der Waals surface area contributed by atoms with E-state index in [0.717, 1.165) is 19.6 Å². The van der Waals surface area contributed by atoms with Gasteiger partial charge in [-0.1, -0.05) is 13.0 Å². The molecule has 1 aliphatic heterocycles. The smallest absolute Gasteiger partial charge is 0.234 e. The molecule has 0 saturated carbocycles. The Labute approximate surface area is 106 Å². The summed E-state index contributed by atoms with van der Waals surface area (Å²) in [6.45, 7) is 6.20. The van der Waals surface area contributed by atoms with Gasteiger partial charge in [-0.05, 0) is 18.0 Å². The van der Waals surface area contributed by atoms with Crippen molar-refractivity contribution in [3.63, 3.8) is 0 Å². The highest BCUT2D eigenvalue weighted by Crippen LogP contribution is 2.08. The number of thiophene rings is 1. The van der Waals surface area contributed by atoms with Crippen LogP contribution in [0, 0.1) is 0 Å². The average molecular weight is 253 g/mol. The van der Waals surface area contributed by atoms with Crippen molar-refractivity contribution in [2.45, 2.75) is 19.5 Å². The second kappa shape index (κ2) is 6.14. The molecule has 0 spiro atoms. The highest BCUT2D eigenvalue weighted by atomic mass is 32.1. The van der Waals surface area contributed by atoms with Crippen molar-refractivity contribution in [2.24, 2.45) is 0 Å². The van der Waals surface area contributed by atoms with Gasteiger partial charge >= 0.3 is 0 Å². The number of amides is 1. The second-order valence-electron chi connectivity index (χ2n) is 4.23. The molecule has 4 nitrogen and oxygen atoms in total. The lowest BCUT2D eigenvalue weighted by molar-refractivity contribution is -0.123. The molecule has 94 valence electrons. The fourth-order valence-corrected chi connectivity index (χ4v) is 2.51. The van der Waals surface area contributed by atoms with E-state index in [9.17, 15) is 4.79 Å². The summed E-state index contributed by atoms with van der Waals surface area (Å²) >= 11 is 1.67. The molecule has 1 fully saturated rings. The van der Waals surface area contributed by atoms with Crippen molar-refractivity contribution in [3.05, 3.63) is 22.4 Å². The van der Waals surface area contributed by atoms with Crippen LogP contribution < -0.4 is 10.6 Å². The third kappa shape index (κ3) is 3.52. The number of nitrogens with zero attached hydrogens (tertiary/aromatic N) is 1. The number of hydrogen-bond acceptors (Lipinski definition) is 4. The summed E-state index contributed by atoms with van der Waals surface area (Å²) < 4.78 is 0. The van der Waals surface area contributed by atoms with E-state index >= 15 is 0 Å². The van der Waals surface area contributed by atoms with Gasteiger partial charge in [-0.2, -0.15) is 0 Å². The highest BCUT2D eigenvalue weighted by Gasteiger charge is 2.24. The van der Waals surface area contributed by atoms with E-state index in [1.54, 1.807) is 11.3 Å². The summed E-state index contributed by atoms with van der Waals surface area (Å²) in [7, 11) is 0. The first-order valence-electron chi connectivity index (χ1n) is 6.03. The fraction of sp³-hybridized carbons (Fsp3) is 0.583. The van der Waals surface area contributed by atoms with Gasteiger partial charge in [0.05, 0.1) is 13.1 Å². The predicted molar refractivity (Wildman–Crippen MR) is 70.1 cm³/mol. The number of likely N-dealkylation sites (N-methyl/N-ethyl adjacent to an activating group) is 1. The van der Waals surface area contributed by atoms with Gasteiger partial charge in [-0.25, -0.2) is 0 Å². The van der Waals surface area contributed by atoms with Crippen LogP contribution in [-0.4, -0.2) is 43.0 Å². The summed E-state index contributed by atoms with van der Waals surface area (Å²) in [5.74, 6) is 0.118. The van der Waals surface area contributed by atoms with Crippen LogP contribution in [0.25, 0.3) is 0 Å². The van der Waals surface area contributed by atoms with Gasteiger partial charge in [0.25, 0.3) is 0 Å². The second-order valence-corrected chi connectivity index (χ2v) is 5.26. The first kappa shape index (κ1) is 12.5. The zero-order valence-corrected chi connectivity index (χ0v) is 10.9. The van der Waals surface area contributed by atoms with E-state index in [1.807, 2.05) is 17.5 Å². The lowest BCUT2D eigenvalue weighted by atomic mass is 10.1. The third-order valence-electron chi connectivity index (χ3n) is 3.07. The van der Waals surface area contributed by atoms with Crippen molar-refractivity contribution in [1.82, 2.24) is 15.5 Å². The van der Waals surface area contributed by atoms with Gasteiger partial charge in [0.15, 0.2) is 0 Å². The molecule has 17 heavy (non-hydrogen) atoms. The molecular weight excluding hydrogens is 234 g/mol. The minimum absolute atomic E-state index is 0.118. The summed E-state index contributed by atoms with van der Waals surface area (Å²) in [5.41, 5.74) is 0. The normalized spacial score (nSPS) is 15.9. The van der Waals surface area contributed by atoms with Gasteiger partial charge in [0.1, 0.15) is 0 Å². The molecular formula is C12H19N3OS. The molecule has 0 aromatic carbocycles. The summed E-state index contributed by atoms with van der Waals surface area (Å²) in [6.07, 6.45) is 0. The van der Waals surface area contributed by atoms with Gasteiger partial charge in [0, 0.05) is 24.0 Å². The van der Waals surface area contributed by atoms with Crippen LogP contribution in [0.5, 0.6) is 0 Å². The monoisotopic (exact) mass is 253 g/mol. The zero-order valence-electron chi connectivity index (χ0n) is 10.1. The Morgan fingerprint density at radius 1 is 1.65 bits per heavy atom. The number of carbonyl (C=O) groups excluding carboxylic acids is 1. The Morgan fingerprint density at radius 3 is 3.00 bits per heavy atom. The highest BCUT2D eigenvalue weighted by molar-refractivity contribution is 7.09. The first-order chi connectivity index (χ1) is 8.29. The molecule has 0 unspecified atom stereocenters. The quantitative estimate of drug-likeness (QED) is 0.783. The van der Waals surface area contributed by atoms with Crippen LogP contribution in [0.15, 0.2) is 17.5 Å². The summed E-state index contributed by atoms with van der Waals surface area (Å²) in [6, 6.07) is 4.58. The van der Waals surface area contributed by atoms with Crippen LogP contribution in [-0.2, 0) is 11.3 Å². The van der Waals surface area contributed by atoms with E-state index in [2.05, 4.69) is 22.5 Å². The minimum Gasteiger partial charge on any atom is -0.350 e. The molecule has 0 bridgehead atoms. The SMILES string of the molecule is CCN(CC(=O)NCc1cccs1)C1CNC1. The molecule has 2 rings (SSSR count). The minimum atomic E-state index is 0.118. The van der Waals surface area contributed by atoms with Crippen molar-refractivity contribution in [2.75, 3.05) is 26.2 Å². The van der Waals surface area contributed by atoms with Crippen LogP contribution in [0.4, 0.5) is 0 Å². The van der Waals surface area contributed by atoms with Gasteiger partial charge in [-0.15, -0.1) is 11.3 Å². The Morgan fingerprint density at radius 2 is 2.47 bits per heavy atom. The first-order valence-corrected chi connectivity index (χ1v) is 6.91. The number of carbonyl (C=O) groups is 1. The van der Waals surface area contributed by atoms with Crippen molar-refractivity contribution >= 4 is 17.2 Å². The molecule has 5 heteroatoms. The van der Waals surface area contributed by atoms with Crippen LogP contribution >= 0.6 is 11.3 Å². The Hall–Kier alpha value is -0.910. The van der Waals surface area contributed by atoms with E-state index < -0.39 is 0 Å². The molecule has 0 aliphatic carbocycles. The lowest BCUT2D eigenvalue weighted by Gasteiger charge is -2.37. The van der Waals surface area contributed by atoms with E-state index in [1.165, 1.54) is 4.88 Å². The average Bonchev–Trinajstić information content (AvgIpc) is 2.75. The molecule has 2 N–H and O–H groups in total. The molecule has 0 atom stereocenters. The molecule has 1 saturated heterocycles. The number of hydrogen-bond donors (Lipinski definition) is 2. The Bertz CT molecular complexity index is 349. The maximum Gasteiger partial charge on any atom is 0.234 e. The summed E-state index contributed by atoms with van der Waals surface area (Å²) in [5, 5.41) is 8.22. The Balaban J connectivity index is 1.72. The van der Waals surface area contributed by atoms with Crippen molar-refractivity contribution in [1.29, 1.82) is 0 Å². The van der Waals surface area contributed by atoms with Gasteiger partial charge in [-0.3, -0.25) is 9.69 Å². The standard InChI is InChI=1S/C12H19N3OS/c1-2-15(10-6-13-7-10)9-12(16)14-8-11-4-3-5-17-11/h3-5,10,13H,2,6-9H2,1H3,(H,14,16). The lowest BCUT2D eigenvalue weighted by Crippen LogP contribution is -2.58. The van der Waals surface area contributed by atoms with Crippen molar-refractivity contribution < 1.29 is 4.79 Å². The third-order valence-corrected chi connectivity index (χ3v) is 3.95. The summed E-state index contributed by atoms with van der Waals surface area (Å²) in [4.78, 5) is 15.2. The largest absolute Gasteiger partial charge is 0.350 e. The molecule has 1 aliphatic rings. The molecule has 1 aromatic heterocycles. The molecule has 0 radical (unpaired) electrons. The van der Waals surface area contributed by atoms with Crippen LogP contribution in [0.2, 0.25) is 0 Å². The van der Waals surface area contributed by atoms with E-state index in [4.69, 9.17) is 0 Å². The Kier molecular flexibility index (Phi) is 4.53. The maximum absolute atomic E-state index is 11.8. The number of rotatable bonds is 6. The van der Waals surface area contributed by atoms with Crippen molar-refractivity contribution in [3.8, 4) is 0 Å². The molecule has 1 aromatic rings. The molecule has 2 heterocycles. The van der Waals surface area contributed by atoms with Gasteiger partial charge < -0.3 is 10.6 Å². The maximum atomic E-state index is 11.8. The van der Waals surface area contributed by atoms with Crippen LogP contribution in [0.1, 0.15) is 11.8 Å². The molecule has 1 amide bonds. The topological polar surface area (TPSA) is 44.4 Å². The fourth-order valence-electron chi connectivity index (χ4n) is 1.87. The van der Waals surface area contributed by atoms with Crippen LogP contribution in [0.3, 0.4) is 0 Å². The van der Waals surface area contributed by atoms with E-state index in [-0.39, 0.29) is 5.91 Å². The predicted octanol–water partition coefficient (Wildman–Crippen LogP) is 0.658. The van der Waals surface area contributed by atoms with Gasteiger partial charge in [0.2, 0.25) is 5.91 Å². The number of nitrogens with one attached hydrogen (secondary N) is 2.